The summed E-state index contributed by atoms with van der Waals surface area (Å²) in [5.74, 6) is -0.879. The molecular formula is C8H19NO3S. The van der Waals surface area contributed by atoms with Gasteiger partial charge in [0.2, 0.25) is 5.91 Å². The van der Waals surface area contributed by atoms with Gasteiger partial charge in [-0.2, -0.15) is 12.6 Å². The predicted molar refractivity (Wildman–Crippen MR) is 57.2 cm³/mol. The van der Waals surface area contributed by atoms with E-state index in [0.717, 1.165) is 0 Å². The Balaban J connectivity index is -0.000000309. The number of nitrogens with one attached hydrogen (secondary N) is 1. The van der Waals surface area contributed by atoms with E-state index in [1.54, 1.807) is 0 Å². The number of aliphatic carboxylic acids is 1. The van der Waals surface area contributed by atoms with E-state index >= 15 is 0 Å². The van der Waals surface area contributed by atoms with E-state index in [-0.39, 0.29) is 26.3 Å². The van der Waals surface area contributed by atoms with Crippen molar-refractivity contribution >= 4 is 24.5 Å². The van der Waals surface area contributed by atoms with E-state index in [2.05, 4.69) is 17.9 Å². The van der Waals surface area contributed by atoms with E-state index < -0.39 is 5.97 Å². The molecule has 4 nitrogen and oxygen atoms in total. The quantitative estimate of drug-likeness (QED) is 0.609. The molecule has 0 bridgehead atoms. The van der Waals surface area contributed by atoms with Crippen molar-refractivity contribution in [3.63, 3.8) is 0 Å². The number of hydrogen-bond acceptors (Lipinski definition) is 3. The summed E-state index contributed by atoms with van der Waals surface area (Å²) in [5.41, 5.74) is 0. The van der Waals surface area contributed by atoms with Gasteiger partial charge >= 0.3 is 5.97 Å². The molecule has 5 heteroatoms. The summed E-state index contributed by atoms with van der Waals surface area (Å²) < 4.78 is 0. The molecule has 1 amide bonds. The van der Waals surface area contributed by atoms with E-state index in [0.29, 0.717) is 5.75 Å². The zero-order valence-corrected chi connectivity index (χ0v) is 8.23. The lowest BCUT2D eigenvalue weighted by Crippen LogP contribution is -2.29. The number of thiol groups is 1. The number of rotatable bonds is 4. The summed E-state index contributed by atoms with van der Waals surface area (Å²) in [6.07, 6.45) is 0.260. The van der Waals surface area contributed by atoms with Gasteiger partial charge in [0, 0.05) is 6.42 Å². The molecular weight excluding hydrogens is 190 g/mol. The minimum Gasteiger partial charge on any atom is -0.480 e. The standard InChI is InChI=1S/C5H9NO3S.C2H6.CH4/c7-4(1-2-10)6-3-5(8)9;1-2;/h10H,1-3H2,(H,6,7)(H,8,9);1-2H3;1H4. The summed E-state index contributed by atoms with van der Waals surface area (Å²) in [6, 6.07) is 0. The minimum absolute atomic E-state index is 0. The molecule has 0 saturated heterocycles. The van der Waals surface area contributed by atoms with Crippen molar-refractivity contribution in [3.8, 4) is 0 Å². The number of carbonyl (C=O) groups excluding carboxylic acids is 1. The molecule has 0 aromatic carbocycles. The van der Waals surface area contributed by atoms with Crippen LogP contribution < -0.4 is 5.32 Å². The van der Waals surface area contributed by atoms with Crippen LogP contribution in [0.3, 0.4) is 0 Å². The molecule has 0 radical (unpaired) electrons. The Morgan fingerprint density at radius 2 is 1.85 bits per heavy atom. The molecule has 0 fully saturated rings. The topological polar surface area (TPSA) is 66.4 Å². The van der Waals surface area contributed by atoms with E-state index in [1.807, 2.05) is 13.8 Å². The van der Waals surface area contributed by atoms with Crippen molar-refractivity contribution in [2.24, 2.45) is 0 Å². The Bertz CT molecular complexity index is 139. The molecule has 80 valence electrons. The van der Waals surface area contributed by atoms with Gasteiger partial charge in [-0.3, -0.25) is 9.59 Å². The molecule has 2 N–H and O–H groups in total. The van der Waals surface area contributed by atoms with Gasteiger partial charge in [-0.15, -0.1) is 0 Å². The molecule has 0 aromatic heterocycles. The van der Waals surface area contributed by atoms with Crippen LogP contribution in [0.5, 0.6) is 0 Å². The maximum absolute atomic E-state index is 10.5. The first-order valence-corrected chi connectivity index (χ1v) is 4.39. The molecule has 0 rings (SSSR count). The average molecular weight is 209 g/mol. The Hall–Kier alpha value is -0.710. The normalized spacial score (nSPS) is 7.31. The van der Waals surface area contributed by atoms with Crippen LogP contribution in [0.2, 0.25) is 0 Å². The van der Waals surface area contributed by atoms with Gasteiger partial charge in [-0.1, -0.05) is 21.3 Å². The summed E-state index contributed by atoms with van der Waals surface area (Å²) >= 11 is 3.80. The van der Waals surface area contributed by atoms with Crippen molar-refractivity contribution in [2.45, 2.75) is 27.7 Å². The highest BCUT2D eigenvalue weighted by atomic mass is 32.1. The molecule has 0 atom stereocenters. The van der Waals surface area contributed by atoms with Crippen LogP contribution in [0.1, 0.15) is 27.7 Å². The molecule has 0 spiro atoms. The lowest BCUT2D eigenvalue weighted by atomic mass is 10.4. The number of amides is 1. The van der Waals surface area contributed by atoms with Gasteiger partial charge in [-0.05, 0) is 5.75 Å². The predicted octanol–water partition coefficient (Wildman–Crippen LogP) is 1.17. The van der Waals surface area contributed by atoms with Crippen molar-refractivity contribution in [1.29, 1.82) is 0 Å². The van der Waals surface area contributed by atoms with Gasteiger partial charge < -0.3 is 10.4 Å². The molecule has 0 saturated carbocycles. The highest BCUT2D eigenvalue weighted by Crippen LogP contribution is 1.81. The summed E-state index contributed by atoms with van der Waals surface area (Å²) in [6.45, 7) is 3.69. The molecule has 0 unspecified atom stereocenters. The summed E-state index contributed by atoms with van der Waals surface area (Å²) in [4.78, 5) is 20.4. The summed E-state index contributed by atoms with van der Waals surface area (Å²) in [5, 5.41) is 10.3. The van der Waals surface area contributed by atoms with Crippen molar-refractivity contribution < 1.29 is 14.7 Å². The lowest BCUT2D eigenvalue weighted by molar-refractivity contribution is -0.137. The van der Waals surface area contributed by atoms with Crippen LogP contribution in [0, 0.1) is 0 Å². The Labute approximate surface area is 85.1 Å². The van der Waals surface area contributed by atoms with Crippen LogP contribution in [0.25, 0.3) is 0 Å². The van der Waals surface area contributed by atoms with Crippen LogP contribution in [0.4, 0.5) is 0 Å². The maximum Gasteiger partial charge on any atom is 0.322 e. The van der Waals surface area contributed by atoms with Gasteiger partial charge in [0.1, 0.15) is 6.54 Å². The smallest absolute Gasteiger partial charge is 0.322 e. The molecule has 0 aliphatic carbocycles. The third-order valence-corrected chi connectivity index (χ3v) is 0.999. The van der Waals surface area contributed by atoms with Crippen molar-refractivity contribution in [2.75, 3.05) is 12.3 Å². The third kappa shape index (κ3) is 18.3. The fourth-order valence-corrected chi connectivity index (χ4v) is 0.567. The zero-order valence-electron chi connectivity index (χ0n) is 7.33. The molecule has 0 aliphatic heterocycles. The molecule has 13 heavy (non-hydrogen) atoms. The number of carbonyl (C=O) groups is 2. The van der Waals surface area contributed by atoms with Crippen LogP contribution in [0.15, 0.2) is 0 Å². The Kier molecular flexibility index (Phi) is 19.3. The van der Waals surface area contributed by atoms with Crippen LogP contribution >= 0.6 is 12.6 Å². The van der Waals surface area contributed by atoms with Crippen LogP contribution in [-0.2, 0) is 9.59 Å². The fraction of sp³-hybridized carbons (Fsp3) is 0.750. The van der Waals surface area contributed by atoms with E-state index in [1.165, 1.54) is 0 Å². The SMILES string of the molecule is C.CC.O=C(O)CNC(=O)CCS. The Morgan fingerprint density at radius 3 is 2.15 bits per heavy atom. The van der Waals surface area contributed by atoms with Gasteiger partial charge in [-0.25, -0.2) is 0 Å². The number of hydrogen-bond donors (Lipinski definition) is 3. The largest absolute Gasteiger partial charge is 0.480 e. The molecule has 0 aliphatic rings. The van der Waals surface area contributed by atoms with Crippen molar-refractivity contribution in [1.82, 2.24) is 5.32 Å². The second-order valence-electron chi connectivity index (χ2n) is 1.64. The highest BCUT2D eigenvalue weighted by Gasteiger charge is 2.00. The molecule has 0 heterocycles. The maximum atomic E-state index is 10.5. The monoisotopic (exact) mass is 209 g/mol. The van der Waals surface area contributed by atoms with Gasteiger partial charge in [0.05, 0.1) is 0 Å². The number of carboxylic acids is 1. The first-order valence-electron chi connectivity index (χ1n) is 3.76. The number of carboxylic acid groups (broad SMARTS) is 1. The van der Waals surface area contributed by atoms with Crippen molar-refractivity contribution in [3.05, 3.63) is 0 Å². The zero-order chi connectivity index (χ0) is 9.98. The second-order valence-corrected chi connectivity index (χ2v) is 2.09. The minimum atomic E-state index is -1.03. The fourth-order valence-electron chi connectivity index (χ4n) is 0.364. The summed E-state index contributed by atoms with van der Waals surface area (Å²) in [7, 11) is 0. The van der Waals surface area contributed by atoms with Gasteiger partial charge in [0.25, 0.3) is 0 Å². The average Bonchev–Trinajstić information content (AvgIpc) is 2.05. The first kappa shape index (κ1) is 18.2. The van der Waals surface area contributed by atoms with E-state index in [4.69, 9.17) is 5.11 Å². The molecule has 0 aromatic rings. The third-order valence-electron chi connectivity index (χ3n) is 0.776. The van der Waals surface area contributed by atoms with E-state index in [9.17, 15) is 9.59 Å². The van der Waals surface area contributed by atoms with Crippen LogP contribution in [-0.4, -0.2) is 29.3 Å². The highest BCUT2D eigenvalue weighted by molar-refractivity contribution is 7.80. The lowest BCUT2D eigenvalue weighted by Gasteiger charge is -1.97. The Morgan fingerprint density at radius 1 is 1.38 bits per heavy atom. The van der Waals surface area contributed by atoms with Gasteiger partial charge in [0.15, 0.2) is 0 Å². The first-order chi connectivity index (χ1) is 5.66. The second kappa shape index (κ2) is 13.9.